The predicted molar refractivity (Wildman–Crippen MR) is 131 cm³/mol. The summed E-state index contributed by atoms with van der Waals surface area (Å²) in [5.74, 6) is 1.44. The third kappa shape index (κ3) is 4.35. The lowest BCUT2D eigenvalue weighted by Gasteiger charge is -2.10. The molecular formula is C26H19FN2O4S. The van der Waals surface area contributed by atoms with Crippen LogP contribution in [0.5, 0.6) is 17.2 Å². The fraction of sp³-hybridized carbons (Fsp3) is 0.0769. The fourth-order valence-corrected chi connectivity index (χ4v) is 4.83. The predicted octanol–water partition coefficient (Wildman–Crippen LogP) is 6.66. The molecule has 1 N–H and O–H groups in total. The van der Waals surface area contributed by atoms with Crippen molar-refractivity contribution < 1.29 is 18.3 Å². The van der Waals surface area contributed by atoms with E-state index in [0.717, 1.165) is 37.4 Å². The van der Waals surface area contributed by atoms with Gasteiger partial charge in [0.1, 0.15) is 17.3 Å². The van der Waals surface area contributed by atoms with Gasteiger partial charge in [-0.3, -0.25) is 0 Å². The first kappa shape index (κ1) is 21.7. The highest BCUT2D eigenvalue weighted by molar-refractivity contribution is 7.22. The van der Waals surface area contributed by atoms with Gasteiger partial charge in [0.2, 0.25) is 5.89 Å². The molecule has 2 aromatic heterocycles. The Hall–Kier alpha value is -4.17. The summed E-state index contributed by atoms with van der Waals surface area (Å²) in [5, 5.41) is 6.91. The van der Waals surface area contributed by atoms with E-state index in [0.29, 0.717) is 11.5 Å². The number of rotatable bonds is 6. The maximum atomic E-state index is 13.7. The molecule has 2 heterocycles. The average Bonchev–Trinajstić information content (AvgIpc) is 3.41. The lowest BCUT2D eigenvalue weighted by Crippen LogP contribution is -1.93. The number of ether oxygens (including phenoxy) is 2. The maximum Gasteiger partial charge on any atom is 0.434 e. The van der Waals surface area contributed by atoms with Gasteiger partial charge in [-0.2, -0.15) is 0 Å². The molecule has 0 aliphatic carbocycles. The minimum absolute atomic E-state index is 0.199. The fourth-order valence-electron chi connectivity index (χ4n) is 3.59. The summed E-state index contributed by atoms with van der Waals surface area (Å²) in [6, 6.07) is 18.1. The summed E-state index contributed by atoms with van der Waals surface area (Å²) < 4.78 is 31.4. The number of nitrogens with one attached hydrogen (secondary N) is 1. The third-order valence-electron chi connectivity index (χ3n) is 5.26. The molecule has 0 atom stereocenters. The van der Waals surface area contributed by atoms with Crippen LogP contribution in [0, 0.1) is 12.7 Å². The highest BCUT2D eigenvalue weighted by Gasteiger charge is 2.18. The minimum atomic E-state index is -0.601. The molecule has 0 saturated heterocycles. The van der Waals surface area contributed by atoms with Crippen LogP contribution in [0.25, 0.3) is 32.7 Å². The molecule has 5 rings (SSSR count). The number of thiophene rings is 1. The highest BCUT2D eigenvalue weighted by Crippen LogP contribution is 2.48. The number of benzene rings is 3. The molecule has 0 spiro atoms. The van der Waals surface area contributed by atoms with E-state index in [2.05, 4.69) is 10.2 Å². The van der Waals surface area contributed by atoms with Crippen LogP contribution in [-0.4, -0.2) is 17.3 Å². The molecule has 0 radical (unpaired) electrons. The minimum Gasteiger partial charge on any atom is -0.497 e. The van der Waals surface area contributed by atoms with Gasteiger partial charge in [-0.05, 0) is 72.2 Å². The number of hydrogen-bond acceptors (Lipinski definition) is 6. The number of fused-ring (bicyclic) bond motifs is 1. The monoisotopic (exact) mass is 474 g/mol. The van der Waals surface area contributed by atoms with Gasteiger partial charge >= 0.3 is 5.76 Å². The van der Waals surface area contributed by atoms with Crippen molar-refractivity contribution in [3.8, 4) is 27.7 Å². The van der Waals surface area contributed by atoms with Crippen LogP contribution in [-0.2, 0) is 0 Å². The SMILES string of the molecule is COc1ccc2c(Oc3ccc(/C=C/c4n[nH]c(=O)o4)cc3)c(-c3ccc(F)cc3C)sc2c1. The van der Waals surface area contributed by atoms with E-state index in [1.54, 1.807) is 36.7 Å². The summed E-state index contributed by atoms with van der Waals surface area (Å²) in [6.07, 6.45) is 3.38. The molecule has 0 bridgehead atoms. The Bertz CT molecular complexity index is 1560. The number of methoxy groups -OCH3 is 1. The highest BCUT2D eigenvalue weighted by atomic mass is 32.1. The number of nitrogens with zero attached hydrogens (tertiary/aromatic N) is 1. The Labute approximate surface area is 197 Å². The summed E-state index contributed by atoms with van der Waals surface area (Å²) >= 11 is 1.57. The van der Waals surface area contributed by atoms with Crippen LogP contribution < -0.4 is 15.2 Å². The van der Waals surface area contributed by atoms with Gasteiger partial charge in [-0.1, -0.05) is 18.2 Å². The number of hydrogen-bond donors (Lipinski definition) is 1. The largest absolute Gasteiger partial charge is 0.497 e. The van der Waals surface area contributed by atoms with Crippen LogP contribution in [0.15, 0.2) is 69.9 Å². The standard InChI is InChI=1S/C26H19FN2O4S/c1-15-13-17(27)6-10-20(15)25-24(21-11-9-19(31-2)14-22(21)34-25)32-18-7-3-16(4-8-18)5-12-23-28-29-26(30)33-23/h3-14H,1-2H3,(H,29,30)/b12-5+. The first-order valence-corrected chi connectivity index (χ1v) is 11.2. The van der Waals surface area contributed by atoms with Gasteiger partial charge in [0, 0.05) is 16.2 Å². The number of aromatic amines is 1. The Balaban J connectivity index is 1.51. The molecule has 0 aliphatic rings. The number of aromatic nitrogens is 2. The van der Waals surface area contributed by atoms with Crippen molar-refractivity contribution in [1.82, 2.24) is 10.2 Å². The van der Waals surface area contributed by atoms with Crippen molar-refractivity contribution in [2.75, 3.05) is 7.11 Å². The summed E-state index contributed by atoms with van der Waals surface area (Å²) in [6.45, 7) is 1.88. The van der Waals surface area contributed by atoms with Gasteiger partial charge in [0.15, 0.2) is 5.75 Å². The van der Waals surface area contributed by atoms with Crippen LogP contribution in [0.4, 0.5) is 4.39 Å². The third-order valence-corrected chi connectivity index (χ3v) is 6.42. The lowest BCUT2D eigenvalue weighted by molar-refractivity contribution is 0.415. The molecule has 3 aromatic carbocycles. The van der Waals surface area contributed by atoms with Gasteiger partial charge in [-0.25, -0.2) is 14.3 Å². The topological polar surface area (TPSA) is 77.4 Å². The molecule has 0 unspecified atom stereocenters. The van der Waals surface area contributed by atoms with E-state index in [4.69, 9.17) is 13.9 Å². The van der Waals surface area contributed by atoms with Gasteiger partial charge in [0.05, 0.1) is 12.0 Å². The van der Waals surface area contributed by atoms with E-state index in [9.17, 15) is 9.18 Å². The lowest BCUT2D eigenvalue weighted by atomic mass is 10.1. The zero-order valence-electron chi connectivity index (χ0n) is 18.3. The first-order chi connectivity index (χ1) is 16.5. The molecule has 5 aromatic rings. The van der Waals surface area contributed by atoms with Crippen molar-refractivity contribution in [1.29, 1.82) is 0 Å². The van der Waals surface area contributed by atoms with Crippen LogP contribution in [0.3, 0.4) is 0 Å². The Morgan fingerprint density at radius 1 is 1.03 bits per heavy atom. The van der Waals surface area contributed by atoms with E-state index in [1.807, 2.05) is 49.4 Å². The average molecular weight is 475 g/mol. The van der Waals surface area contributed by atoms with E-state index in [-0.39, 0.29) is 11.7 Å². The quantitative estimate of drug-likeness (QED) is 0.298. The molecule has 0 amide bonds. The molecule has 6 nitrogen and oxygen atoms in total. The molecular weight excluding hydrogens is 455 g/mol. The van der Waals surface area contributed by atoms with Crippen LogP contribution in [0.2, 0.25) is 0 Å². The van der Waals surface area contributed by atoms with Crippen molar-refractivity contribution in [3.05, 3.63) is 94.0 Å². The molecule has 170 valence electrons. The number of H-pyrrole nitrogens is 1. The maximum absolute atomic E-state index is 13.7. The van der Waals surface area contributed by atoms with Crippen molar-refractivity contribution >= 4 is 33.6 Å². The van der Waals surface area contributed by atoms with Crippen LogP contribution >= 0.6 is 11.3 Å². The summed E-state index contributed by atoms with van der Waals surface area (Å²) in [5.41, 5.74) is 2.62. The smallest absolute Gasteiger partial charge is 0.434 e. The second kappa shape index (κ2) is 8.99. The van der Waals surface area contributed by atoms with Gasteiger partial charge < -0.3 is 13.9 Å². The summed E-state index contributed by atoms with van der Waals surface area (Å²) in [4.78, 5) is 11.9. The van der Waals surface area contributed by atoms with Crippen molar-refractivity contribution in [2.45, 2.75) is 6.92 Å². The zero-order chi connectivity index (χ0) is 23.7. The molecule has 0 aliphatic heterocycles. The Kier molecular flexibility index (Phi) is 5.73. The van der Waals surface area contributed by atoms with E-state index >= 15 is 0 Å². The number of aryl methyl sites for hydroxylation is 1. The van der Waals surface area contributed by atoms with E-state index < -0.39 is 5.76 Å². The second-order valence-corrected chi connectivity index (χ2v) is 8.59. The molecule has 34 heavy (non-hydrogen) atoms. The molecule has 8 heteroatoms. The Morgan fingerprint density at radius 2 is 1.82 bits per heavy atom. The second-order valence-electron chi connectivity index (χ2n) is 7.54. The molecule has 0 saturated carbocycles. The normalized spacial score (nSPS) is 11.4. The first-order valence-electron chi connectivity index (χ1n) is 10.4. The number of halogens is 1. The van der Waals surface area contributed by atoms with Crippen molar-refractivity contribution in [3.63, 3.8) is 0 Å². The zero-order valence-corrected chi connectivity index (χ0v) is 19.1. The molecule has 0 fully saturated rings. The Morgan fingerprint density at radius 3 is 2.53 bits per heavy atom. The van der Waals surface area contributed by atoms with E-state index in [1.165, 1.54) is 12.1 Å². The summed E-state index contributed by atoms with van der Waals surface area (Å²) in [7, 11) is 1.63. The van der Waals surface area contributed by atoms with Crippen LogP contribution in [0.1, 0.15) is 17.0 Å². The van der Waals surface area contributed by atoms with Gasteiger partial charge in [-0.15, -0.1) is 16.4 Å². The van der Waals surface area contributed by atoms with Gasteiger partial charge in [0.25, 0.3) is 0 Å². The van der Waals surface area contributed by atoms with Crippen molar-refractivity contribution in [2.24, 2.45) is 0 Å².